The third-order valence-corrected chi connectivity index (χ3v) is 4.56. The molecule has 1 aliphatic rings. The monoisotopic (exact) mass is 182 g/mol. The molecule has 1 rings (SSSR count). The first-order chi connectivity index (χ1) is 6.00. The quantitative estimate of drug-likeness (QED) is 0.613. The summed E-state index contributed by atoms with van der Waals surface area (Å²) in [5.41, 5.74) is 0. The summed E-state index contributed by atoms with van der Waals surface area (Å²) in [4.78, 5) is 0. The van der Waals surface area contributed by atoms with Crippen LogP contribution in [-0.4, -0.2) is 0 Å². The van der Waals surface area contributed by atoms with Gasteiger partial charge in [-0.1, -0.05) is 48.0 Å². The number of rotatable bonds is 3. The van der Waals surface area contributed by atoms with Gasteiger partial charge >= 0.3 is 0 Å². The van der Waals surface area contributed by atoms with Gasteiger partial charge < -0.3 is 0 Å². The van der Waals surface area contributed by atoms with Gasteiger partial charge in [-0.3, -0.25) is 0 Å². The van der Waals surface area contributed by atoms with Gasteiger partial charge in [0.15, 0.2) is 0 Å². The molecule has 5 atom stereocenters. The van der Waals surface area contributed by atoms with Crippen LogP contribution < -0.4 is 0 Å². The molecular formula is C13H26. The van der Waals surface area contributed by atoms with Gasteiger partial charge in [-0.15, -0.1) is 0 Å². The summed E-state index contributed by atoms with van der Waals surface area (Å²) in [6, 6.07) is 0. The maximum atomic E-state index is 2.44. The SMILES string of the molecule is CCC(C)C1C(C)C(C)C1C(C)C. The molecule has 1 saturated carbocycles. The zero-order chi connectivity index (χ0) is 10.2. The van der Waals surface area contributed by atoms with Gasteiger partial charge in [-0.25, -0.2) is 0 Å². The Bertz CT molecular complexity index is 155. The minimum Gasteiger partial charge on any atom is -0.0651 e. The first kappa shape index (κ1) is 11.1. The van der Waals surface area contributed by atoms with Crippen molar-refractivity contribution in [2.45, 2.75) is 48.0 Å². The Hall–Kier alpha value is 0. The molecule has 0 aromatic rings. The van der Waals surface area contributed by atoms with Crippen LogP contribution in [0.5, 0.6) is 0 Å². The molecule has 0 radical (unpaired) electrons. The van der Waals surface area contributed by atoms with Gasteiger partial charge in [-0.05, 0) is 35.5 Å². The topological polar surface area (TPSA) is 0 Å². The van der Waals surface area contributed by atoms with E-state index in [1.807, 2.05) is 0 Å². The zero-order valence-corrected chi connectivity index (χ0v) is 10.2. The number of hydrogen-bond donors (Lipinski definition) is 0. The van der Waals surface area contributed by atoms with Gasteiger partial charge in [0.25, 0.3) is 0 Å². The molecule has 0 aliphatic heterocycles. The smallest absolute Gasteiger partial charge is 0.0327 e. The van der Waals surface area contributed by atoms with Crippen LogP contribution in [0, 0.1) is 35.5 Å². The van der Waals surface area contributed by atoms with Crippen molar-refractivity contribution >= 4 is 0 Å². The Labute approximate surface area is 84.1 Å². The fourth-order valence-electron chi connectivity index (χ4n) is 3.48. The molecule has 78 valence electrons. The minimum atomic E-state index is 0.880. The van der Waals surface area contributed by atoms with Crippen molar-refractivity contribution in [2.75, 3.05) is 0 Å². The highest BCUT2D eigenvalue weighted by Crippen LogP contribution is 2.53. The average molecular weight is 182 g/mol. The van der Waals surface area contributed by atoms with Gasteiger partial charge in [0.2, 0.25) is 0 Å². The normalized spacial score (nSPS) is 41.8. The van der Waals surface area contributed by atoms with E-state index in [2.05, 4.69) is 41.5 Å². The standard InChI is InChI=1S/C13H26/c1-7-9(4)13-11(6)10(5)12(13)8(2)3/h8-13H,7H2,1-6H3. The zero-order valence-electron chi connectivity index (χ0n) is 10.2. The van der Waals surface area contributed by atoms with Crippen LogP contribution in [-0.2, 0) is 0 Å². The summed E-state index contributed by atoms with van der Waals surface area (Å²) in [5, 5.41) is 0. The Morgan fingerprint density at radius 1 is 0.923 bits per heavy atom. The van der Waals surface area contributed by atoms with Crippen LogP contribution in [0.3, 0.4) is 0 Å². The summed E-state index contributed by atoms with van der Waals surface area (Å²) in [6.07, 6.45) is 1.35. The Balaban J connectivity index is 2.62. The van der Waals surface area contributed by atoms with Crippen LogP contribution in [0.15, 0.2) is 0 Å². The lowest BCUT2D eigenvalue weighted by atomic mass is 9.51. The Morgan fingerprint density at radius 3 is 1.77 bits per heavy atom. The van der Waals surface area contributed by atoms with Crippen molar-refractivity contribution in [1.29, 1.82) is 0 Å². The van der Waals surface area contributed by atoms with E-state index in [0.717, 1.165) is 35.5 Å². The summed E-state index contributed by atoms with van der Waals surface area (Å²) in [5.74, 6) is 5.72. The van der Waals surface area contributed by atoms with Crippen LogP contribution >= 0.6 is 0 Å². The van der Waals surface area contributed by atoms with E-state index in [9.17, 15) is 0 Å². The minimum absolute atomic E-state index is 0.880. The van der Waals surface area contributed by atoms with Gasteiger partial charge in [-0.2, -0.15) is 0 Å². The van der Waals surface area contributed by atoms with E-state index in [-0.39, 0.29) is 0 Å². The highest BCUT2D eigenvalue weighted by molar-refractivity contribution is 4.95. The first-order valence-electron chi connectivity index (χ1n) is 6.00. The predicted octanol–water partition coefficient (Wildman–Crippen LogP) is 4.21. The molecular weight excluding hydrogens is 156 g/mol. The summed E-state index contributed by atoms with van der Waals surface area (Å²) < 4.78 is 0. The second-order valence-corrected chi connectivity index (χ2v) is 5.50. The second kappa shape index (κ2) is 4.02. The van der Waals surface area contributed by atoms with Crippen molar-refractivity contribution in [2.24, 2.45) is 35.5 Å². The summed E-state index contributed by atoms with van der Waals surface area (Å²) in [6.45, 7) is 14.4. The van der Waals surface area contributed by atoms with Crippen molar-refractivity contribution in [3.63, 3.8) is 0 Å². The molecule has 13 heavy (non-hydrogen) atoms. The summed E-state index contributed by atoms with van der Waals surface area (Å²) in [7, 11) is 0. The molecule has 0 nitrogen and oxygen atoms in total. The molecule has 0 saturated heterocycles. The average Bonchev–Trinajstić information content (AvgIpc) is 2.10. The molecule has 1 aliphatic carbocycles. The molecule has 0 spiro atoms. The lowest BCUT2D eigenvalue weighted by Gasteiger charge is -2.54. The highest BCUT2D eigenvalue weighted by atomic mass is 14.5. The molecule has 0 N–H and O–H groups in total. The molecule has 0 aromatic carbocycles. The van der Waals surface area contributed by atoms with Crippen molar-refractivity contribution < 1.29 is 0 Å². The largest absolute Gasteiger partial charge is 0.0651 e. The van der Waals surface area contributed by atoms with Crippen LogP contribution in [0.4, 0.5) is 0 Å². The number of hydrogen-bond acceptors (Lipinski definition) is 0. The summed E-state index contributed by atoms with van der Waals surface area (Å²) >= 11 is 0. The lowest BCUT2D eigenvalue weighted by Crippen LogP contribution is -2.49. The Morgan fingerprint density at radius 2 is 1.38 bits per heavy atom. The van der Waals surface area contributed by atoms with E-state index in [1.54, 1.807) is 0 Å². The lowest BCUT2D eigenvalue weighted by molar-refractivity contribution is -0.0627. The van der Waals surface area contributed by atoms with Gasteiger partial charge in [0, 0.05) is 0 Å². The Kier molecular flexibility index (Phi) is 3.43. The first-order valence-corrected chi connectivity index (χ1v) is 6.00. The maximum absolute atomic E-state index is 2.44. The molecule has 0 amide bonds. The van der Waals surface area contributed by atoms with Crippen LogP contribution in [0.1, 0.15) is 48.0 Å². The molecule has 0 aromatic heterocycles. The van der Waals surface area contributed by atoms with E-state index in [0.29, 0.717) is 0 Å². The molecule has 0 heteroatoms. The molecule has 5 unspecified atom stereocenters. The van der Waals surface area contributed by atoms with E-state index in [1.165, 1.54) is 6.42 Å². The van der Waals surface area contributed by atoms with E-state index >= 15 is 0 Å². The third kappa shape index (κ3) is 1.78. The molecule has 1 fully saturated rings. The van der Waals surface area contributed by atoms with Crippen molar-refractivity contribution in [3.05, 3.63) is 0 Å². The van der Waals surface area contributed by atoms with Crippen molar-refractivity contribution in [3.8, 4) is 0 Å². The second-order valence-electron chi connectivity index (χ2n) is 5.50. The maximum Gasteiger partial charge on any atom is -0.0327 e. The van der Waals surface area contributed by atoms with Crippen LogP contribution in [0.25, 0.3) is 0 Å². The van der Waals surface area contributed by atoms with E-state index in [4.69, 9.17) is 0 Å². The van der Waals surface area contributed by atoms with Gasteiger partial charge in [0.05, 0.1) is 0 Å². The fraction of sp³-hybridized carbons (Fsp3) is 1.00. The molecule has 0 heterocycles. The van der Waals surface area contributed by atoms with Gasteiger partial charge in [0.1, 0.15) is 0 Å². The van der Waals surface area contributed by atoms with E-state index < -0.39 is 0 Å². The fourth-order valence-corrected chi connectivity index (χ4v) is 3.48. The third-order valence-electron chi connectivity index (χ3n) is 4.56. The van der Waals surface area contributed by atoms with Crippen LogP contribution in [0.2, 0.25) is 0 Å². The predicted molar refractivity (Wildman–Crippen MR) is 59.6 cm³/mol. The molecule has 0 bridgehead atoms. The van der Waals surface area contributed by atoms with Crippen molar-refractivity contribution in [1.82, 2.24) is 0 Å². The highest BCUT2D eigenvalue weighted by Gasteiger charge is 2.47.